The van der Waals surface area contributed by atoms with Crippen LogP contribution < -0.4 is 21.3 Å². The maximum absolute atomic E-state index is 14.3. The van der Waals surface area contributed by atoms with Gasteiger partial charge in [-0.15, -0.1) is 0 Å². The van der Waals surface area contributed by atoms with Gasteiger partial charge in [-0.25, -0.2) is 0 Å². The molecule has 5 rings (SSSR count). The number of rotatable bonds is 6. The zero-order valence-electron chi connectivity index (χ0n) is 47.1. The third-order valence-electron chi connectivity index (χ3n) is 14.9. The van der Waals surface area contributed by atoms with Crippen LogP contribution in [0, 0.1) is 23.7 Å². The van der Waals surface area contributed by atoms with Gasteiger partial charge in [-0.2, -0.15) is 0 Å². The van der Waals surface area contributed by atoms with Crippen LogP contribution in [-0.4, -0.2) is 121 Å². The first-order valence-corrected chi connectivity index (χ1v) is 29.2. The van der Waals surface area contributed by atoms with Gasteiger partial charge in [0.2, 0.25) is 35.4 Å². The van der Waals surface area contributed by atoms with Crippen LogP contribution in [0.15, 0.2) is 85.0 Å². The maximum atomic E-state index is 14.3. The minimum absolute atomic E-state index is 0.199. The largest absolute Gasteiger partial charge is 0.465 e. The first kappa shape index (κ1) is 62.5. The lowest BCUT2D eigenvalue weighted by Gasteiger charge is -2.35. The van der Waals surface area contributed by atoms with Crippen molar-refractivity contribution in [3.05, 3.63) is 96.1 Å². The van der Waals surface area contributed by atoms with Crippen LogP contribution in [0.4, 0.5) is 0 Å². The highest BCUT2D eigenvalue weighted by atomic mass is 16.5. The molecule has 4 bridgehead atoms. The summed E-state index contributed by atoms with van der Waals surface area (Å²) in [7, 11) is 0. The highest BCUT2D eigenvalue weighted by Gasteiger charge is 2.37. The second-order valence-corrected chi connectivity index (χ2v) is 22.1. The number of benzene rings is 2. The molecule has 6 atom stereocenters. The molecule has 3 aliphatic heterocycles. The lowest BCUT2D eigenvalue weighted by Crippen LogP contribution is -2.57. The third kappa shape index (κ3) is 22.2. The van der Waals surface area contributed by atoms with Crippen molar-refractivity contribution < 1.29 is 47.8 Å². The molecule has 4 N–H and O–H groups in total. The summed E-state index contributed by atoms with van der Waals surface area (Å²) in [4.78, 5) is 113. The van der Waals surface area contributed by atoms with Gasteiger partial charge in [-0.05, 0) is 126 Å². The lowest BCUT2D eigenvalue weighted by molar-refractivity contribution is -0.153. The Kier molecular flexibility index (Phi) is 27.7. The Balaban J connectivity index is 1.20. The molecule has 2 aromatic carbocycles. The fourth-order valence-corrected chi connectivity index (χ4v) is 10.2. The number of carbonyl (C=O) groups is 8. The first-order valence-electron chi connectivity index (χ1n) is 29.2. The lowest BCUT2D eigenvalue weighted by atomic mass is 9.96. The van der Waals surface area contributed by atoms with E-state index in [2.05, 4.69) is 45.6 Å². The highest BCUT2D eigenvalue weighted by molar-refractivity contribution is 5.94. The van der Waals surface area contributed by atoms with Gasteiger partial charge in [0.05, 0.1) is 25.0 Å². The number of fused-ring (bicyclic) bond motifs is 4. The van der Waals surface area contributed by atoms with Gasteiger partial charge in [0, 0.05) is 51.9 Å². The molecule has 16 nitrogen and oxygen atoms in total. The monoisotopic (exact) mass is 1080 g/mol. The molecule has 3 heterocycles. The number of amides is 6. The molecule has 0 aliphatic carbocycles. The molecule has 0 radical (unpaired) electrons. The summed E-state index contributed by atoms with van der Waals surface area (Å²) in [6.45, 7) is 9.30. The number of allylic oxidation sites excluding steroid dienone is 4. The number of esters is 2. The number of nitrogens with zero attached hydrogens (tertiary/aromatic N) is 2. The van der Waals surface area contributed by atoms with Crippen molar-refractivity contribution in [3.63, 3.8) is 0 Å². The Hall–Kier alpha value is -6.32. The fraction of sp³-hybridized carbons (Fsp3) is 0.613. The number of ether oxygens (including phenoxy) is 2. The van der Waals surface area contributed by atoms with Crippen LogP contribution in [-0.2, 0) is 60.7 Å². The number of hydrogen-bond acceptors (Lipinski definition) is 10. The van der Waals surface area contributed by atoms with Crippen molar-refractivity contribution in [1.82, 2.24) is 31.1 Å². The molecule has 2 saturated heterocycles. The Bertz CT molecular complexity index is 2110. The van der Waals surface area contributed by atoms with Gasteiger partial charge in [-0.3, -0.25) is 38.4 Å². The van der Waals surface area contributed by atoms with Crippen LogP contribution in [0.25, 0.3) is 0 Å². The summed E-state index contributed by atoms with van der Waals surface area (Å²) in [5, 5.41) is 11.8. The van der Waals surface area contributed by atoms with E-state index in [9.17, 15) is 38.4 Å². The van der Waals surface area contributed by atoms with Crippen LogP contribution in [0.5, 0.6) is 0 Å². The van der Waals surface area contributed by atoms with Crippen molar-refractivity contribution in [3.8, 4) is 0 Å². The molecule has 0 aromatic heterocycles. The van der Waals surface area contributed by atoms with Crippen molar-refractivity contribution in [2.24, 2.45) is 23.7 Å². The third-order valence-corrected chi connectivity index (χ3v) is 14.9. The summed E-state index contributed by atoms with van der Waals surface area (Å²) in [5.74, 6) is -3.97. The van der Waals surface area contributed by atoms with Crippen LogP contribution in [0.3, 0.4) is 0 Å². The number of nitrogens with one attached hydrogen (secondary N) is 4. The van der Waals surface area contributed by atoms with E-state index >= 15 is 0 Å². The number of cyclic esters (lactones) is 2. The fourth-order valence-electron chi connectivity index (χ4n) is 10.2. The molecule has 0 unspecified atom stereocenters. The zero-order valence-corrected chi connectivity index (χ0v) is 47.1. The Morgan fingerprint density at radius 2 is 0.821 bits per heavy atom. The second kappa shape index (κ2) is 34.5. The quantitative estimate of drug-likeness (QED) is 0.163. The van der Waals surface area contributed by atoms with E-state index in [1.54, 1.807) is 9.80 Å². The minimum atomic E-state index is -0.904. The Morgan fingerprint density at radius 1 is 0.462 bits per heavy atom. The summed E-state index contributed by atoms with van der Waals surface area (Å²) in [5.41, 5.74) is 1.75. The van der Waals surface area contributed by atoms with Gasteiger partial charge < -0.3 is 40.5 Å². The van der Waals surface area contributed by atoms with Crippen molar-refractivity contribution in [2.45, 2.75) is 180 Å². The number of piperidine rings is 2. The molecular formula is C62H90N6O10. The molecule has 428 valence electrons. The van der Waals surface area contributed by atoms with E-state index in [1.807, 2.05) is 88.4 Å². The van der Waals surface area contributed by atoms with E-state index in [0.717, 1.165) is 62.5 Å². The average molecular weight is 1080 g/mol. The predicted molar refractivity (Wildman–Crippen MR) is 301 cm³/mol. The number of hydrogen-bond donors (Lipinski definition) is 4. The molecule has 78 heavy (non-hydrogen) atoms. The van der Waals surface area contributed by atoms with Crippen molar-refractivity contribution in [1.29, 1.82) is 0 Å². The van der Waals surface area contributed by atoms with Gasteiger partial charge >= 0.3 is 11.9 Å². The predicted octanol–water partition coefficient (Wildman–Crippen LogP) is 7.87. The SMILES string of the molecule is CC(C)[C@H]1NC(=O)CCCC/C=C/CCCCOC(=O)[C@@H]2CCCN(C2)C(=O)[C@@H](Cc2ccccc2)NC(=O)[C@@H](C(C)C)NC(=O)CCCC/C=C/CCCCOC(=O)[C@@H]2CCCN(C2)C(=O)[C@@H](Cc2ccccc2)NC1=O. The molecule has 0 saturated carbocycles. The van der Waals surface area contributed by atoms with Crippen molar-refractivity contribution in [2.75, 3.05) is 39.4 Å². The topological polar surface area (TPSA) is 210 Å². The van der Waals surface area contributed by atoms with Crippen LogP contribution in [0.1, 0.15) is 154 Å². The average Bonchev–Trinajstić information content (AvgIpc) is 3.43. The highest BCUT2D eigenvalue weighted by Crippen LogP contribution is 2.23. The standard InChI is InChI=1S/C62H90N6O10/c1-45(2)55-57(71)63-51(41-47-29-19-17-20-30-47)59(73)67-37-27-33-49(43-67)61(75)77-39-26-16-12-8-6-10-14-24-36-54(70)66-56(46(3)4)58(72)64-52(42-48-31-21-18-22-32-48)60(74)68-38-28-34-50(44-68)62(76)78-40-25-15-11-7-5-9-13-23-35-53(69)65-55/h5-8,17-22,29-32,45-46,49-52,55-56H,9-16,23-28,33-44H2,1-4H3,(H,63,71)(H,64,72)(H,65,69)(H,66,70)/b7-5+,8-6+/t49-,50-,51-,52-,55-,56-/m1/s1. The minimum Gasteiger partial charge on any atom is -0.465 e. The summed E-state index contributed by atoms with van der Waals surface area (Å²) in [6.07, 6.45) is 20.9. The molecule has 0 spiro atoms. The smallest absolute Gasteiger partial charge is 0.310 e. The Labute approximate surface area is 464 Å². The van der Waals surface area contributed by atoms with Gasteiger partial charge in [-0.1, -0.05) is 113 Å². The van der Waals surface area contributed by atoms with Gasteiger partial charge in [0.15, 0.2) is 0 Å². The second-order valence-electron chi connectivity index (χ2n) is 22.1. The van der Waals surface area contributed by atoms with Gasteiger partial charge in [0.25, 0.3) is 0 Å². The zero-order chi connectivity index (χ0) is 56.1. The van der Waals surface area contributed by atoms with Crippen LogP contribution in [0.2, 0.25) is 0 Å². The van der Waals surface area contributed by atoms with E-state index in [0.29, 0.717) is 64.5 Å². The molecule has 6 amide bonds. The summed E-state index contributed by atoms with van der Waals surface area (Å²) in [6, 6.07) is 15.4. The molecule has 16 heteroatoms. The molecule has 2 fully saturated rings. The van der Waals surface area contributed by atoms with E-state index < -0.39 is 47.8 Å². The number of carbonyl (C=O) groups excluding carboxylic acids is 8. The maximum Gasteiger partial charge on any atom is 0.310 e. The van der Waals surface area contributed by atoms with Crippen molar-refractivity contribution >= 4 is 47.4 Å². The Morgan fingerprint density at radius 3 is 1.18 bits per heavy atom. The van der Waals surface area contributed by atoms with E-state index in [4.69, 9.17) is 9.47 Å². The normalized spacial score (nSPS) is 26.0. The molecule has 2 aromatic rings. The summed E-state index contributed by atoms with van der Waals surface area (Å²) < 4.78 is 11.4. The molecular weight excluding hydrogens is 989 g/mol. The molecule has 3 aliphatic rings. The van der Waals surface area contributed by atoms with E-state index in [1.165, 1.54) is 0 Å². The van der Waals surface area contributed by atoms with Crippen LogP contribution >= 0.6 is 0 Å². The van der Waals surface area contributed by atoms with E-state index in [-0.39, 0.29) is 99.4 Å². The summed E-state index contributed by atoms with van der Waals surface area (Å²) >= 11 is 0. The van der Waals surface area contributed by atoms with Gasteiger partial charge in [0.1, 0.15) is 24.2 Å². The first-order chi connectivity index (χ1) is 37.7.